The molecule has 1 fully saturated rings. The summed E-state index contributed by atoms with van der Waals surface area (Å²) in [5.74, 6) is -0.157. The lowest BCUT2D eigenvalue weighted by Gasteiger charge is -2.33. The van der Waals surface area contributed by atoms with Gasteiger partial charge in [-0.15, -0.1) is 5.10 Å². The molecule has 0 unspecified atom stereocenters. The zero-order chi connectivity index (χ0) is 18.0. The van der Waals surface area contributed by atoms with Crippen LogP contribution in [0.15, 0.2) is 29.2 Å². The highest BCUT2D eigenvalue weighted by molar-refractivity contribution is 7.89. The zero-order valence-corrected chi connectivity index (χ0v) is 15.9. The van der Waals surface area contributed by atoms with E-state index in [0.717, 1.165) is 17.2 Å². The number of piperazine rings is 1. The average molecular weight is 401 g/mol. The highest BCUT2D eigenvalue weighted by Crippen LogP contribution is 2.22. The van der Waals surface area contributed by atoms with Crippen LogP contribution in [0, 0.1) is 0 Å². The number of carbonyl (C=O) groups is 1. The van der Waals surface area contributed by atoms with Gasteiger partial charge in [-0.3, -0.25) is 9.69 Å². The second-order valence-electron chi connectivity index (χ2n) is 5.76. The van der Waals surface area contributed by atoms with E-state index in [0.29, 0.717) is 42.6 Å². The Bertz CT molecular complexity index is 876. The average Bonchev–Trinajstić information content (AvgIpc) is 3.00. The summed E-state index contributed by atoms with van der Waals surface area (Å²) in [6.07, 6.45) is 0. The SMILES string of the molecule is CC(=O)c1cccc(S(=O)(=O)N2CCN(Cc3nnsc3Cl)CC2)c1. The van der Waals surface area contributed by atoms with E-state index in [2.05, 4.69) is 14.5 Å². The summed E-state index contributed by atoms with van der Waals surface area (Å²) in [4.78, 5) is 13.7. The van der Waals surface area contributed by atoms with Gasteiger partial charge in [-0.1, -0.05) is 28.2 Å². The number of nitrogens with zero attached hydrogens (tertiary/aromatic N) is 4. The normalized spacial score (nSPS) is 16.9. The van der Waals surface area contributed by atoms with Crippen LogP contribution in [-0.4, -0.2) is 59.2 Å². The number of hydrogen-bond donors (Lipinski definition) is 0. The van der Waals surface area contributed by atoms with Gasteiger partial charge in [0, 0.05) is 49.8 Å². The quantitative estimate of drug-likeness (QED) is 0.713. The highest BCUT2D eigenvalue weighted by atomic mass is 35.5. The van der Waals surface area contributed by atoms with E-state index >= 15 is 0 Å². The maximum atomic E-state index is 12.8. The number of aromatic nitrogens is 2. The number of ketones is 1. The van der Waals surface area contributed by atoms with Crippen LogP contribution in [0.3, 0.4) is 0 Å². The van der Waals surface area contributed by atoms with Crippen molar-refractivity contribution >= 4 is 38.9 Å². The molecule has 0 N–H and O–H groups in total. The maximum Gasteiger partial charge on any atom is 0.243 e. The third-order valence-electron chi connectivity index (χ3n) is 4.09. The van der Waals surface area contributed by atoms with Crippen LogP contribution >= 0.6 is 23.1 Å². The Morgan fingerprint density at radius 1 is 1.28 bits per heavy atom. The molecular weight excluding hydrogens is 384 g/mol. The largest absolute Gasteiger partial charge is 0.295 e. The van der Waals surface area contributed by atoms with Gasteiger partial charge >= 0.3 is 0 Å². The summed E-state index contributed by atoms with van der Waals surface area (Å²) in [6, 6.07) is 6.17. The first-order valence-electron chi connectivity index (χ1n) is 7.68. The topological polar surface area (TPSA) is 83.5 Å². The Hall–Kier alpha value is -1.39. The number of Topliss-reactive ketones (excluding diaryl/α,β-unsaturated/α-hetero) is 1. The molecule has 7 nitrogen and oxygen atoms in total. The molecule has 0 bridgehead atoms. The van der Waals surface area contributed by atoms with Crippen LogP contribution in [0.5, 0.6) is 0 Å². The molecule has 10 heteroatoms. The smallest absolute Gasteiger partial charge is 0.243 e. The first kappa shape index (κ1) is 18.4. The van der Waals surface area contributed by atoms with Crippen LogP contribution in [0.1, 0.15) is 23.0 Å². The number of sulfonamides is 1. The summed E-state index contributed by atoms with van der Waals surface area (Å²) >= 11 is 7.16. The molecule has 1 aliphatic rings. The fourth-order valence-electron chi connectivity index (χ4n) is 2.66. The Balaban J connectivity index is 1.68. The van der Waals surface area contributed by atoms with Crippen molar-refractivity contribution in [2.75, 3.05) is 26.2 Å². The third-order valence-corrected chi connectivity index (χ3v) is 6.97. The minimum atomic E-state index is -3.61. The Morgan fingerprint density at radius 3 is 2.60 bits per heavy atom. The third kappa shape index (κ3) is 4.06. The van der Waals surface area contributed by atoms with Crippen LogP contribution in [0.25, 0.3) is 0 Å². The van der Waals surface area contributed by atoms with Gasteiger partial charge in [0.05, 0.1) is 4.90 Å². The Morgan fingerprint density at radius 2 is 2.00 bits per heavy atom. The molecule has 2 heterocycles. The van der Waals surface area contributed by atoms with Crippen LogP contribution < -0.4 is 0 Å². The van der Waals surface area contributed by atoms with Gasteiger partial charge in [-0.05, 0) is 19.1 Å². The molecular formula is C15H17ClN4O3S2. The fraction of sp³-hybridized carbons (Fsp3) is 0.400. The predicted molar refractivity (Wildman–Crippen MR) is 95.4 cm³/mol. The van der Waals surface area contributed by atoms with Crippen molar-refractivity contribution in [3.63, 3.8) is 0 Å². The standard InChI is InChI=1S/C15H17ClN4O3S2/c1-11(21)12-3-2-4-13(9-12)25(22,23)20-7-5-19(6-8-20)10-14-15(16)24-18-17-14/h2-4,9H,5-8,10H2,1H3. The molecule has 3 rings (SSSR count). The highest BCUT2D eigenvalue weighted by Gasteiger charge is 2.29. The minimum absolute atomic E-state index is 0.153. The van der Waals surface area contributed by atoms with Gasteiger partial charge in [0.15, 0.2) is 5.78 Å². The van der Waals surface area contributed by atoms with Gasteiger partial charge in [0.1, 0.15) is 10.0 Å². The van der Waals surface area contributed by atoms with Crippen molar-refractivity contribution in [3.05, 3.63) is 39.9 Å². The van der Waals surface area contributed by atoms with Crippen LogP contribution in [0.4, 0.5) is 0 Å². The molecule has 1 aliphatic heterocycles. The number of hydrogen-bond acceptors (Lipinski definition) is 7. The van der Waals surface area contributed by atoms with E-state index < -0.39 is 10.0 Å². The first-order chi connectivity index (χ1) is 11.9. The van der Waals surface area contributed by atoms with Gasteiger partial charge < -0.3 is 0 Å². The minimum Gasteiger partial charge on any atom is -0.295 e. The molecule has 134 valence electrons. The van der Waals surface area contributed by atoms with Gasteiger partial charge in [0.2, 0.25) is 10.0 Å². The molecule has 0 atom stereocenters. The molecule has 0 saturated carbocycles. The van der Waals surface area contributed by atoms with E-state index in [1.54, 1.807) is 12.1 Å². The molecule has 1 saturated heterocycles. The van der Waals surface area contributed by atoms with E-state index in [-0.39, 0.29) is 10.7 Å². The van der Waals surface area contributed by atoms with Crippen LogP contribution in [0.2, 0.25) is 4.34 Å². The summed E-state index contributed by atoms with van der Waals surface area (Å²) in [5.41, 5.74) is 1.11. The lowest BCUT2D eigenvalue weighted by molar-refractivity contribution is 0.101. The number of benzene rings is 1. The van der Waals surface area contributed by atoms with Crippen molar-refractivity contribution in [2.45, 2.75) is 18.4 Å². The first-order valence-corrected chi connectivity index (χ1v) is 10.3. The fourth-order valence-corrected chi connectivity index (χ4v) is 4.74. The Kier molecular flexibility index (Phi) is 5.49. The molecule has 0 aliphatic carbocycles. The van der Waals surface area contributed by atoms with Gasteiger partial charge in [-0.25, -0.2) is 8.42 Å². The maximum absolute atomic E-state index is 12.8. The molecule has 0 radical (unpaired) electrons. The summed E-state index contributed by atoms with van der Waals surface area (Å²) < 4.78 is 31.4. The predicted octanol–water partition coefficient (Wildman–Crippen LogP) is 1.90. The summed E-state index contributed by atoms with van der Waals surface area (Å²) in [7, 11) is -3.61. The summed E-state index contributed by atoms with van der Waals surface area (Å²) in [6.45, 7) is 3.90. The number of rotatable bonds is 5. The molecule has 1 aromatic heterocycles. The van der Waals surface area contributed by atoms with E-state index in [9.17, 15) is 13.2 Å². The van der Waals surface area contributed by atoms with Crippen molar-refractivity contribution < 1.29 is 13.2 Å². The lowest BCUT2D eigenvalue weighted by Crippen LogP contribution is -2.48. The van der Waals surface area contributed by atoms with Crippen molar-refractivity contribution in [1.82, 2.24) is 18.8 Å². The number of carbonyl (C=O) groups excluding carboxylic acids is 1. The van der Waals surface area contributed by atoms with Crippen molar-refractivity contribution in [3.8, 4) is 0 Å². The monoisotopic (exact) mass is 400 g/mol. The second kappa shape index (κ2) is 7.46. The summed E-state index contributed by atoms with van der Waals surface area (Å²) in [5, 5.41) is 3.98. The lowest BCUT2D eigenvalue weighted by atomic mass is 10.2. The van der Waals surface area contributed by atoms with Crippen molar-refractivity contribution in [2.24, 2.45) is 0 Å². The van der Waals surface area contributed by atoms with E-state index in [1.807, 2.05) is 0 Å². The van der Waals surface area contributed by atoms with E-state index in [4.69, 9.17) is 11.6 Å². The number of halogens is 1. The van der Waals surface area contributed by atoms with E-state index in [1.165, 1.54) is 23.4 Å². The Labute approximate surface area is 155 Å². The molecule has 25 heavy (non-hydrogen) atoms. The molecule has 0 amide bonds. The second-order valence-corrected chi connectivity index (χ2v) is 9.05. The molecule has 2 aromatic rings. The van der Waals surface area contributed by atoms with Gasteiger partial charge in [-0.2, -0.15) is 4.31 Å². The zero-order valence-electron chi connectivity index (χ0n) is 13.6. The van der Waals surface area contributed by atoms with Gasteiger partial charge in [0.25, 0.3) is 0 Å². The molecule has 0 spiro atoms. The van der Waals surface area contributed by atoms with Crippen molar-refractivity contribution in [1.29, 1.82) is 0 Å². The molecule has 1 aromatic carbocycles. The van der Waals surface area contributed by atoms with Crippen LogP contribution in [-0.2, 0) is 16.6 Å².